The predicted molar refractivity (Wildman–Crippen MR) is 117 cm³/mol. The Hall–Kier alpha value is -2.24. The van der Waals surface area contributed by atoms with E-state index < -0.39 is 12.7 Å². The molecule has 0 saturated heterocycles. The van der Waals surface area contributed by atoms with Gasteiger partial charge in [-0.2, -0.15) is 13.2 Å². The van der Waals surface area contributed by atoms with Crippen molar-refractivity contribution in [2.45, 2.75) is 51.6 Å². The van der Waals surface area contributed by atoms with E-state index in [1.807, 2.05) is 6.92 Å². The minimum absolute atomic E-state index is 0.0989. The smallest absolute Gasteiger partial charge is 0.385 e. The number of fused-ring (bicyclic) bond motifs is 3. The second kappa shape index (κ2) is 8.95. The highest BCUT2D eigenvalue weighted by Crippen LogP contribution is 2.36. The second-order valence-electron chi connectivity index (χ2n) is 8.32. The van der Waals surface area contributed by atoms with Gasteiger partial charge in [0.2, 0.25) is 10.5 Å². The molecule has 174 valence electrons. The summed E-state index contributed by atoms with van der Waals surface area (Å²) in [5.74, 6) is 0.567. The molecule has 0 radical (unpaired) electrons. The van der Waals surface area contributed by atoms with E-state index in [1.54, 1.807) is 35.8 Å². The molecule has 1 aliphatic carbocycles. The van der Waals surface area contributed by atoms with Crippen LogP contribution in [0.2, 0.25) is 0 Å². The van der Waals surface area contributed by atoms with Crippen molar-refractivity contribution >= 4 is 28.9 Å². The van der Waals surface area contributed by atoms with Gasteiger partial charge < -0.3 is 4.74 Å². The Bertz CT molecular complexity index is 1230. The minimum atomic E-state index is -4.33. The summed E-state index contributed by atoms with van der Waals surface area (Å²) < 4.78 is 49.8. The van der Waals surface area contributed by atoms with Crippen molar-refractivity contribution in [3.8, 4) is 0 Å². The average Bonchev–Trinajstić information content (AvgIpc) is 3.54. The number of nitrogens with zero attached hydrogens (tertiary/aromatic N) is 5. The van der Waals surface area contributed by atoms with Gasteiger partial charge in [-0.25, -0.2) is 4.68 Å². The highest BCUT2D eigenvalue weighted by molar-refractivity contribution is 7.71. The van der Waals surface area contributed by atoms with Crippen molar-refractivity contribution in [3.05, 3.63) is 39.4 Å². The Morgan fingerprint density at radius 1 is 1.31 bits per heavy atom. The maximum absolute atomic E-state index is 13.3. The average molecular weight is 470 g/mol. The molecule has 7 nitrogen and oxygen atoms in total. The number of ether oxygens (including phenoxy) is 1. The summed E-state index contributed by atoms with van der Waals surface area (Å²) in [5, 5.41) is 5.00. The molecule has 1 unspecified atom stereocenters. The van der Waals surface area contributed by atoms with Gasteiger partial charge in [0.1, 0.15) is 0 Å². The molecule has 0 bridgehead atoms. The maximum Gasteiger partial charge on any atom is 0.401 e. The Balaban J connectivity index is 1.82. The Morgan fingerprint density at radius 3 is 2.69 bits per heavy atom. The van der Waals surface area contributed by atoms with Gasteiger partial charge in [-0.3, -0.25) is 18.7 Å². The lowest BCUT2D eigenvalue weighted by atomic mass is 10.2. The van der Waals surface area contributed by atoms with Crippen molar-refractivity contribution in [2.75, 3.05) is 20.3 Å². The lowest BCUT2D eigenvalue weighted by Crippen LogP contribution is -2.42. The summed E-state index contributed by atoms with van der Waals surface area (Å²) in [6.45, 7) is 1.50. The molecule has 2 aromatic heterocycles. The third kappa shape index (κ3) is 4.60. The predicted octanol–water partition coefficient (Wildman–Crippen LogP) is 3.84. The van der Waals surface area contributed by atoms with Gasteiger partial charge >= 0.3 is 6.18 Å². The number of benzene rings is 1. The summed E-state index contributed by atoms with van der Waals surface area (Å²) in [6.07, 6.45) is -1.89. The molecule has 1 aromatic carbocycles. The molecule has 1 saturated carbocycles. The van der Waals surface area contributed by atoms with Gasteiger partial charge in [0.25, 0.3) is 5.56 Å². The SMILES string of the molecule is COCCCn1c(=O)c2ccccc2n2c(=S)n(CN(CC(F)(F)F)C(C)C3CC3)nc12. The first-order chi connectivity index (χ1) is 15.2. The Morgan fingerprint density at radius 2 is 2.03 bits per heavy atom. The third-order valence-electron chi connectivity index (χ3n) is 5.99. The second-order valence-corrected chi connectivity index (χ2v) is 8.68. The first kappa shape index (κ1) is 22.9. The van der Waals surface area contributed by atoms with Crippen LogP contribution in [0.15, 0.2) is 29.1 Å². The van der Waals surface area contributed by atoms with Crippen molar-refractivity contribution in [2.24, 2.45) is 5.92 Å². The summed E-state index contributed by atoms with van der Waals surface area (Å²) in [4.78, 5) is 14.5. The quantitative estimate of drug-likeness (QED) is 0.352. The fraction of sp³-hybridized carbons (Fsp3) is 0.571. The van der Waals surface area contributed by atoms with Crippen molar-refractivity contribution < 1.29 is 17.9 Å². The van der Waals surface area contributed by atoms with Gasteiger partial charge in [-0.05, 0) is 56.5 Å². The third-order valence-corrected chi connectivity index (χ3v) is 6.39. The van der Waals surface area contributed by atoms with Crippen LogP contribution in [0.25, 0.3) is 16.7 Å². The topological polar surface area (TPSA) is 56.7 Å². The molecule has 11 heteroatoms. The van der Waals surface area contributed by atoms with E-state index >= 15 is 0 Å². The Kier molecular flexibility index (Phi) is 6.42. The molecule has 2 heterocycles. The van der Waals surface area contributed by atoms with Crippen molar-refractivity contribution in [1.82, 2.24) is 23.6 Å². The first-order valence-electron chi connectivity index (χ1n) is 10.6. The zero-order valence-electron chi connectivity index (χ0n) is 18.0. The highest BCUT2D eigenvalue weighted by Gasteiger charge is 2.38. The van der Waals surface area contributed by atoms with Crippen LogP contribution in [0.5, 0.6) is 0 Å². The van der Waals surface area contributed by atoms with E-state index in [2.05, 4.69) is 5.10 Å². The van der Waals surface area contributed by atoms with E-state index in [9.17, 15) is 18.0 Å². The van der Waals surface area contributed by atoms with Crippen LogP contribution in [0.4, 0.5) is 13.2 Å². The number of aromatic nitrogens is 4. The molecule has 0 aliphatic heterocycles. The van der Waals surface area contributed by atoms with Gasteiger partial charge in [0.05, 0.1) is 24.1 Å². The van der Waals surface area contributed by atoms with Gasteiger partial charge in [-0.15, -0.1) is 5.10 Å². The molecule has 0 amide bonds. The molecule has 3 aromatic rings. The molecule has 1 atom stereocenters. The summed E-state index contributed by atoms with van der Waals surface area (Å²) in [5.41, 5.74) is 0.374. The van der Waals surface area contributed by atoms with Crippen LogP contribution in [-0.2, 0) is 18.0 Å². The van der Waals surface area contributed by atoms with Gasteiger partial charge in [0.15, 0.2) is 0 Å². The molecule has 0 N–H and O–H groups in total. The molecule has 0 spiro atoms. The number of alkyl halides is 3. The molecule has 1 aliphatic rings. The molecule has 4 rings (SSSR count). The number of halogens is 3. The van der Waals surface area contributed by atoms with E-state index in [0.29, 0.717) is 36.3 Å². The maximum atomic E-state index is 13.3. The van der Waals surface area contributed by atoms with E-state index in [1.165, 1.54) is 14.1 Å². The van der Waals surface area contributed by atoms with Crippen LogP contribution < -0.4 is 5.56 Å². The summed E-state index contributed by atoms with van der Waals surface area (Å²) >= 11 is 5.64. The van der Waals surface area contributed by atoms with Crippen LogP contribution in [-0.4, -0.2) is 56.1 Å². The monoisotopic (exact) mass is 469 g/mol. The van der Waals surface area contributed by atoms with Crippen LogP contribution in [0.1, 0.15) is 26.2 Å². The normalized spacial score (nSPS) is 15.8. The lowest BCUT2D eigenvalue weighted by Gasteiger charge is -2.29. The summed E-state index contributed by atoms with van der Waals surface area (Å²) in [6, 6.07) is 6.80. The van der Waals surface area contributed by atoms with Crippen molar-refractivity contribution in [3.63, 3.8) is 0 Å². The highest BCUT2D eigenvalue weighted by atomic mass is 32.1. The molecular weight excluding hydrogens is 443 g/mol. The van der Waals surface area contributed by atoms with Gasteiger partial charge in [-0.1, -0.05) is 12.1 Å². The minimum Gasteiger partial charge on any atom is -0.385 e. The van der Waals surface area contributed by atoms with Crippen LogP contribution in [0, 0.1) is 10.7 Å². The number of aryl methyl sites for hydroxylation is 1. The largest absolute Gasteiger partial charge is 0.401 e. The summed E-state index contributed by atoms with van der Waals surface area (Å²) in [7, 11) is 1.58. The van der Waals surface area contributed by atoms with Crippen molar-refractivity contribution in [1.29, 1.82) is 0 Å². The number of rotatable bonds is 9. The van der Waals surface area contributed by atoms with E-state index in [4.69, 9.17) is 17.0 Å². The molecule has 1 fully saturated rings. The standard InChI is InChI=1S/C21H26F3N5O2S/c1-14(15-8-9-15)26(12-21(22,23)24)13-28-20(32)29-17-7-4-3-6-16(17)18(30)27(19(29)25-28)10-5-11-31-2/h3-4,6-7,14-15H,5,8-13H2,1-2H3. The fourth-order valence-corrected chi connectivity index (χ4v) is 4.41. The molecule has 32 heavy (non-hydrogen) atoms. The Labute approximate surface area is 188 Å². The lowest BCUT2D eigenvalue weighted by molar-refractivity contribution is -0.155. The number of hydrogen-bond donors (Lipinski definition) is 0. The zero-order valence-corrected chi connectivity index (χ0v) is 18.8. The number of hydrogen-bond acceptors (Lipinski definition) is 5. The first-order valence-corrected chi connectivity index (χ1v) is 11.0. The number of methoxy groups -OCH3 is 1. The van der Waals surface area contributed by atoms with E-state index in [-0.39, 0.29) is 29.0 Å². The van der Waals surface area contributed by atoms with Crippen LogP contribution >= 0.6 is 12.2 Å². The van der Waals surface area contributed by atoms with E-state index in [0.717, 1.165) is 12.8 Å². The molecular formula is C21H26F3N5O2S. The van der Waals surface area contributed by atoms with Crippen LogP contribution in [0.3, 0.4) is 0 Å². The van der Waals surface area contributed by atoms with Gasteiger partial charge in [0, 0.05) is 26.3 Å². The number of para-hydroxylation sites is 1. The zero-order chi connectivity index (χ0) is 23.0. The fourth-order valence-electron chi connectivity index (χ4n) is 4.13.